The third kappa shape index (κ3) is 2.20. The standard InChI is InChI=1S/C13H10O4/c14-10-3-1-2-8(6-10)11-5-4-9(13(16)17)7-12(11)15/h1-7,14-15H,(H,16,17). The van der Waals surface area contributed by atoms with Crippen LogP contribution in [0.3, 0.4) is 0 Å². The van der Waals surface area contributed by atoms with E-state index in [1.807, 2.05) is 0 Å². The lowest BCUT2D eigenvalue weighted by Gasteiger charge is -2.06. The van der Waals surface area contributed by atoms with Gasteiger partial charge in [-0.25, -0.2) is 4.79 Å². The Balaban J connectivity index is 2.50. The number of rotatable bonds is 2. The zero-order chi connectivity index (χ0) is 12.4. The SMILES string of the molecule is O=C(O)c1ccc(-c2cccc(O)c2)c(O)c1. The van der Waals surface area contributed by atoms with E-state index in [4.69, 9.17) is 5.11 Å². The fraction of sp³-hybridized carbons (Fsp3) is 0. The topological polar surface area (TPSA) is 77.8 Å². The fourth-order valence-corrected chi connectivity index (χ4v) is 1.58. The molecular weight excluding hydrogens is 220 g/mol. The first-order valence-electron chi connectivity index (χ1n) is 4.93. The van der Waals surface area contributed by atoms with Crippen molar-refractivity contribution in [2.75, 3.05) is 0 Å². The Kier molecular flexibility index (Phi) is 2.70. The maximum absolute atomic E-state index is 10.7. The van der Waals surface area contributed by atoms with Gasteiger partial charge in [0.15, 0.2) is 0 Å². The molecule has 0 saturated carbocycles. The molecule has 0 aliphatic rings. The van der Waals surface area contributed by atoms with Gasteiger partial charge in [-0.1, -0.05) is 12.1 Å². The van der Waals surface area contributed by atoms with Crippen molar-refractivity contribution in [3.8, 4) is 22.6 Å². The molecule has 0 radical (unpaired) electrons. The van der Waals surface area contributed by atoms with E-state index in [0.717, 1.165) is 0 Å². The van der Waals surface area contributed by atoms with Crippen molar-refractivity contribution in [2.24, 2.45) is 0 Å². The van der Waals surface area contributed by atoms with Crippen molar-refractivity contribution in [3.05, 3.63) is 48.0 Å². The Bertz CT molecular complexity index is 575. The lowest BCUT2D eigenvalue weighted by Crippen LogP contribution is -1.95. The second-order valence-corrected chi connectivity index (χ2v) is 3.59. The lowest BCUT2D eigenvalue weighted by atomic mass is 10.0. The summed E-state index contributed by atoms with van der Waals surface area (Å²) < 4.78 is 0. The van der Waals surface area contributed by atoms with Gasteiger partial charge < -0.3 is 15.3 Å². The first-order valence-corrected chi connectivity index (χ1v) is 4.93. The highest BCUT2D eigenvalue weighted by Gasteiger charge is 2.09. The Labute approximate surface area is 97.4 Å². The number of carboxylic acids is 1. The summed E-state index contributed by atoms with van der Waals surface area (Å²) in [5, 5.41) is 27.8. The normalized spacial score (nSPS) is 10.1. The molecule has 0 aliphatic carbocycles. The number of aromatic hydroxyl groups is 2. The maximum Gasteiger partial charge on any atom is 0.335 e. The van der Waals surface area contributed by atoms with E-state index in [0.29, 0.717) is 11.1 Å². The molecule has 2 aromatic carbocycles. The minimum atomic E-state index is -1.09. The molecule has 0 heterocycles. The van der Waals surface area contributed by atoms with Crippen LogP contribution in [0.25, 0.3) is 11.1 Å². The average molecular weight is 230 g/mol. The van der Waals surface area contributed by atoms with E-state index in [-0.39, 0.29) is 17.1 Å². The quantitative estimate of drug-likeness (QED) is 0.740. The fourth-order valence-electron chi connectivity index (χ4n) is 1.58. The number of carboxylic acid groups (broad SMARTS) is 1. The molecule has 0 spiro atoms. The Morgan fingerprint density at radius 3 is 2.35 bits per heavy atom. The minimum Gasteiger partial charge on any atom is -0.508 e. The van der Waals surface area contributed by atoms with E-state index in [2.05, 4.69) is 0 Å². The monoisotopic (exact) mass is 230 g/mol. The van der Waals surface area contributed by atoms with Gasteiger partial charge in [0.25, 0.3) is 0 Å². The van der Waals surface area contributed by atoms with Gasteiger partial charge in [0, 0.05) is 5.56 Å². The molecule has 3 N–H and O–H groups in total. The number of hydrogen-bond acceptors (Lipinski definition) is 3. The molecule has 0 amide bonds. The van der Waals surface area contributed by atoms with Gasteiger partial charge in [0.1, 0.15) is 11.5 Å². The van der Waals surface area contributed by atoms with Crippen LogP contribution in [0.15, 0.2) is 42.5 Å². The summed E-state index contributed by atoms with van der Waals surface area (Å²) in [5.74, 6) is -1.14. The lowest BCUT2D eigenvalue weighted by molar-refractivity contribution is 0.0696. The summed E-state index contributed by atoms with van der Waals surface area (Å²) >= 11 is 0. The highest BCUT2D eigenvalue weighted by molar-refractivity contribution is 5.89. The third-order valence-electron chi connectivity index (χ3n) is 2.40. The molecule has 4 heteroatoms. The molecule has 2 rings (SSSR count). The zero-order valence-electron chi connectivity index (χ0n) is 8.79. The Hall–Kier alpha value is -2.49. The number of phenols is 2. The number of benzene rings is 2. The van der Waals surface area contributed by atoms with Crippen LogP contribution in [0.4, 0.5) is 0 Å². The molecule has 0 fully saturated rings. The van der Waals surface area contributed by atoms with Gasteiger partial charge in [0.2, 0.25) is 0 Å². The van der Waals surface area contributed by atoms with Crippen LogP contribution in [0.1, 0.15) is 10.4 Å². The van der Waals surface area contributed by atoms with E-state index in [1.54, 1.807) is 12.1 Å². The predicted octanol–water partition coefficient (Wildman–Crippen LogP) is 2.46. The molecule has 0 saturated heterocycles. The van der Waals surface area contributed by atoms with Crippen molar-refractivity contribution in [1.82, 2.24) is 0 Å². The van der Waals surface area contributed by atoms with E-state index >= 15 is 0 Å². The highest BCUT2D eigenvalue weighted by Crippen LogP contribution is 2.31. The summed E-state index contributed by atoms with van der Waals surface area (Å²) in [5.41, 5.74) is 1.12. The van der Waals surface area contributed by atoms with Crippen LogP contribution in [-0.4, -0.2) is 21.3 Å². The molecule has 0 aromatic heterocycles. The molecule has 2 aromatic rings. The molecule has 17 heavy (non-hydrogen) atoms. The number of carbonyl (C=O) groups is 1. The van der Waals surface area contributed by atoms with Crippen LogP contribution in [0.5, 0.6) is 11.5 Å². The van der Waals surface area contributed by atoms with Crippen LogP contribution >= 0.6 is 0 Å². The van der Waals surface area contributed by atoms with Crippen molar-refractivity contribution in [2.45, 2.75) is 0 Å². The second kappa shape index (κ2) is 4.17. The third-order valence-corrected chi connectivity index (χ3v) is 2.40. The van der Waals surface area contributed by atoms with Gasteiger partial charge in [-0.15, -0.1) is 0 Å². The van der Waals surface area contributed by atoms with E-state index in [1.165, 1.54) is 30.3 Å². The van der Waals surface area contributed by atoms with Crippen molar-refractivity contribution in [3.63, 3.8) is 0 Å². The van der Waals surface area contributed by atoms with Gasteiger partial charge in [-0.05, 0) is 35.9 Å². The zero-order valence-corrected chi connectivity index (χ0v) is 8.79. The van der Waals surface area contributed by atoms with Gasteiger partial charge in [0.05, 0.1) is 5.56 Å². The summed E-state index contributed by atoms with van der Waals surface area (Å²) in [6.07, 6.45) is 0. The van der Waals surface area contributed by atoms with Crippen LogP contribution in [0.2, 0.25) is 0 Å². The Morgan fingerprint density at radius 1 is 1.00 bits per heavy atom. The first kappa shape index (κ1) is 11.0. The molecule has 86 valence electrons. The minimum absolute atomic E-state index is 0.0198. The predicted molar refractivity (Wildman–Crippen MR) is 62.2 cm³/mol. The number of aromatic carboxylic acids is 1. The second-order valence-electron chi connectivity index (χ2n) is 3.59. The summed E-state index contributed by atoms with van der Waals surface area (Å²) in [4.78, 5) is 10.7. The molecule has 4 nitrogen and oxygen atoms in total. The van der Waals surface area contributed by atoms with Crippen molar-refractivity contribution in [1.29, 1.82) is 0 Å². The average Bonchev–Trinajstić information content (AvgIpc) is 2.28. The first-order chi connectivity index (χ1) is 8.08. The van der Waals surface area contributed by atoms with Gasteiger partial charge in [-0.3, -0.25) is 0 Å². The smallest absolute Gasteiger partial charge is 0.335 e. The summed E-state index contributed by atoms with van der Waals surface area (Å²) in [7, 11) is 0. The highest BCUT2D eigenvalue weighted by atomic mass is 16.4. The van der Waals surface area contributed by atoms with Crippen molar-refractivity contribution < 1.29 is 20.1 Å². The Morgan fingerprint density at radius 2 is 1.76 bits per heavy atom. The van der Waals surface area contributed by atoms with Gasteiger partial charge >= 0.3 is 5.97 Å². The molecule has 0 atom stereocenters. The number of hydrogen-bond donors (Lipinski definition) is 3. The molecule has 0 aliphatic heterocycles. The van der Waals surface area contributed by atoms with Crippen LogP contribution in [-0.2, 0) is 0 Å². The van der Waals surface area contributed by atoms with Crippen LogP contribution in [0, 0.1) is 0 Å². The molecule has 0 unspecified atom stereocenters. The number of phenolic OH excluding ortho intramolecular Hbond substituents is 2. The maximum atomic E-state index is 10.7. The van der Waals surface area contributed by atoms with E-state index < -0.39 is 5.97 Å². The van der Waals surface area contributed by atoms with Crippen LogP contribution < -0.4 is 0 Å². The summed E-state index contributed by atoms with van der Waals surface area (Å²) in [6, 6.07) is 10.5. The molecular formula is C13H10O4. The largest absolute Gasteiger partial charge is 0.508 e. The van der Waals surface area contributed by atoms with E-state index in [9.17, 15) is 15.0 Å². The summed E-state index contributed by atoms with van der Waals surface area (Å²) in [6.45, 7) is 0. The van der Waals surface area contributed by atoms with Crippen molar-refractivity contribution >= 4 is 5.97 Å². The molecule has 0 bridgehead atoms. The van der Waals surface area contributed by atoms with Gasteiger partial charge in [-0.2, -0.15) is 0 Å².